The lowest BCUT2D eigenvalue weighted by molar-refractivity contribution is -0.151. The Kier molecular flexibility index (Phi) is 2.91. The summed E-state index contributed by atoms with van der Waals surface area (Å²) >= 11 is 0. The van der Waals surface area contributed by atoms with Gasteiger partial charge in [-0.15, -0.1) is 0 Å². The number of esters is 1. The van der Waals surface area contributed by atoms with Gasteiger partial charge in [-0.1, -0.05) is 30.3 Å². The number of Topliss-reactive ketones (excluding diaryl/α,β-unsaturated/α-hetero) is 1. The summed E-state index contributed by atoms with van der Waals surface area (Å²) in [5.74, 6) is -3.22. The molecule has 2 unspecified atom stereocenters. The number of ether oxygens (including phenoxy) is 1. The van der Waals surface area contributed by atoms with Crippen molar-refractivity contribution in [1.82, 2.24) is 5.32 Å². The van der Waals surface area contributed by atoms with Gasteiger partial charge in [0.15, 0.2) is 11.7 Å². The van der Waals surface area contributed by atoms with E-state index in [9.17, 15) is 14.4 Å². The average molecular weight is 233 g/mol. The number of rotatable bonds is 2. The van der Waals surface area contributed by atoms with Crippen LogP contribution in [0.15, 0.2) is 30.3 Å². The molecule has 1 aromatic carbocycles. The lowest BCUT2D eigenvalue weighted by Gasteiger charge is -2.08. The van der Waals surface area contributed by atoms with Crippen LogP contribution >= 0.6 is 0 Å². The number of hydrogen-bond donors (Lipinski definition) is 1. The number of amides is 1. The minimum Gasteiger partial charge on any atom is -0.468 e. The number of ketones is 1. The van der Waals surface area contributed by atoms with Gasteiger partial charge in [-0.2, -0.15) is 0 Å². The normalized spacial score (nSPS) is 23.4. The Morgan fingerprint density at radius 1 is 1.24 bits per heavy atom. The van der Waals surface area contributed by atoms with Crippen molar-refractivity contribution in [2.24, 2.45) is 5.92 Å². The summed E-state index contributed by atoms with van der Waals surface area (Å²) in [4.78, 5) is 34.8. The molecule has 0 radical (unpaired) electrons. The van der Waals surface area contributed by atoms with Crippen LogP contribution in [0.25, 0.3) is 0 Å². The van der Waals surface area contributed by atoms with Crippen LogP contribution < -0.4 is 5.32 Å². The first-order valence-electron chi connectivity index (χ1n) is 5.12. The Labute approximate surface area is 97.8 Å². The Morgan fingerprint density at radius 3 is 2.47 bits per heavy atom. The molecule has 0 bridgehead atoms. The number of hydrogen-bond acceptors (Lipinski definition) is 4. The van der Waals surface area contributed by atoms with E-state index in [0.717, 1.165) is 7.11 Å². The molecule has 17 heavy (non-hydrogen) atoms. The fraction of sp³-hybridized carbons (Fsp3) is 0.250. The third kappa shape index (κ3) is 1.91. The summed E-state index contributed by atoms with van der Waals surface area (Å²) in [6, 6.07) is 8.03. The average Bonchev–Trinajstić information content (AvgIpc) is 2.65. The lowest BCUT2D eigenvalue weighted by Crippen LogP contribution is -2.28. The van der Waals surface area contributed by atoms with E-state index in [1.165, 1.54) is 0 Å². The molecule has 0 spiro atoms. The molecular weight excluding hydrogens is 222 g/mol. The number of benzene rings is 1. The summed E-state index contributed by atoms with van der Waals surface area (Å²) in [6.07, 6.45) is 0. The quantitative estimate of drug-likeness (QED) is 0.585. The largest absolute Gasteiger partial charge is 0.468 e. The van der Waals surface area contributed by atoms with Gasteiger partial charge in [-0.05, 0) is 5.56 Å². The lowest BCUT2D eigenvalue weighted by atomic mass is 9.98. The van der Waals surface area contributed by atoms with Gasteiger partial charge < -0.3 is 10.1 Å². The van der Waals surface area contributed by atoms with Gasteiger partial charge in [0.25, 0.3) is 0 Å². The summed E-state index contributed by atoms with van der Waals surface area (Å²) in [7, 11) is 1.15. The smallest absolute Gasteiger partial charge is 0.326 e. The van der Waals surface area contributed by atoms with E-state index in [2.05, 4.69) is 10.1 Å². The predicted octanol–water partition coefficient (Wildman–Crippen LogP) is 0.216. The molecule has 1 fully saturated rings. The van der Waals surface area contributed by atoms with Crippen LogP contribution in [0.1, 0.15) is 11.6 Å². The highest BCUT2D eigenvalue weighted by molar-refractivity contribution is 6.22. The van der Waals surface area contributed by atoms with E-state index in [0.29, 0.717) is 5.56 Å². The maximum absolute atomic E-state index is 11.9. The fourth-order valence-electron chi connectivity index (χ4n) is 1.83. The fourth-order valence-corrected chi connectivity index (χ4v) is 1.83. The molecule has 5 heteroatoms. The van der Waals surface area contributed by atoms with E-state index >= 15 is 0 Å². The van der Waals surface area contributed by atoms with E-state index in [1.807, 2.05) is 6.07 Å². The van der Waals surface area contributed by atoms with Gasteiger partial charge in [-0.3, -0.25) is 14.4 Å². The molecule has 5 nitrogen and oxygen atoms in total. The Morgan fingerprint density at radius 2 is 1.88 bits per heavy atom. The van der Waals surface area contributed by atoms with Crippen molar-refractivity contribution in [2.45, 2.75) is 6.04 Å². The third-order valence-corrected chi connectivity index (χ3v) is 2.69. The molecule has 2 rings (SSSR count). The van der Waals surface area contributed by atoms with Crippen molar-refractivity contribution in [3.05, 3.63) is 35.9 Å². The molecule has 1 aliphatic heterocycles. The van der Waals surface area contributed by atoms with Crippen LogP contribution in [0, 0.1) is 5.92 Å². The van der Waals surface area contributed by atoms with Crippen LogP contribution in [-0.4, -0.2) is 24.8 Å². The number of methoxy groups -OCH3 is 1. The van der Waals surface area contributed by atoms with Crippen LogP contribution in [0.2, 0.25) is 0 Å². The Balaban J connectivity index is 2.28. The van der Waals surface area contributed by atoms with E-state index in [1.54, 1.807) is 24.3 Å². The van der Waals surface area contributed by atoms with Crippen LogP contribution in [0.5, 0.6) is 0 Å². The van der Waals surface area contributed by atoms with Gasteiger partial charge in [-0.25, -0.2) is 0 Å². The molecule has 0 aliphatic carbocycles. The van der Waals surface area contributed by atoms with Gasteiger partial charge in [0.1, 0.15) is 6.04 Å². The molecule has 2 atom stereocenters. The van der Waals surface area contributed by atoms with Crippen LogP contribution in [0.4, 0.5) is 0 Å². The number of nitrogens with one attached hydrogen (secondary N) is 1. The van der Waals surface area contributed by atoms with Crippen molar-refractivity contribution in [3.8, 4) is 0 Å². The highest BCUT2D eigenvalue weighted by Gasteiger charge is 2.46. The Hall–Kier alpha value is -2.17. The molecule has 1 saturated heterocycles. The predicted molar refractivity (Wildman–Crippen MR) is 57.8 cm³/mol. The van der Waals surface area contributed by atoms with E-state index < -0.39 is 29.6 Å². The Bertz CT molecular complexity index is 469. The minimum atomic E-state index is -1.34. The van der Waals surface area contributed by atoms with E-state index in [-0.39, 0.29) is 0 Å². The zero-order chi connectivity index (χ0) is 12.4. The van der Waals surface area contributed by atoms with Gasteiger partial charge >= 0.3 is 5.97 Å². The summed E-state index contributed by atoms with van der Waals surface area (Å²) in [5.41, 5.74) is 0.664. The standard InChI is InChI=1S/C12H11NO4/c1-17-12(16)8-10(14)9(13-11(8)15)7-5-3-2-4-6-7/h2-6,8-9H,1H3,(H,13,15). The first kappa shape index (κ1) is 11.3. The van der Waals surface area contributed by atoms with Crippen molar-refractivity contribution in [3.63, 3.8) is 0 Å². The highest BCUT2D eigenvalue weighted by atomic mass is 16.5. The molecular formula is C12H11NO4. The number of carbonyl (C=O) groups is 3. The second-order valence-corrected chi connectivity index (χ2v) is 3.71. The molecule has 1 heterocycles. The molecule has 1 N–H and O–H groups in total. The molecule has 1 aromatic rings. The molecule has 1 aliphatic rings. The zero-order valence-electron chi connectivity index (χ0n) is 9.17. The van der Waals surface area contributed by atoms with Crippen molar-refractivity contribution in [2.75, 3.05) is 7.11 Å². The second-order valence-electron chi connectivity index (χ2n) is 3.71. The minimum absolute atomic E-state index is 0.465. The van der Waals surface area contributed by atoms with Crippen molar-refractivity contribution in [1.29, 1.82) is 0 Å². The maximum atomic E-state index is 11.9. The summed E-state index contributed by atoms with van der Waals surface area (Å²) in [6.45, 7) is 0. The van der Waals surface area contributed by atoms with Gasteiger partial charge in [0.05, 0.1) is 7.11 Å². The molecule has 0 saturated carbocycles. The monoisotopic (exact) mass is 233 g/mol. The molecule has 88 valence electrons. The summed E-state index contributed by atoms with van der Waals surface area (Å²) in [5, 5.41) is 2.50. The van der Waals surface area contributed by atoms with Crippen molar-refractivity contribution < 1.29 is 19.1 Å². The van der Waals surface area contributed by atoms with Gasteiger partial charge in [0, 0.05) is 0 Å². The first-order chi connectivity index (χ1) is 8.15. The third-order valence-electron chi connectivity index (χ3n) is 2.69. The molecule has 0 aromatic heterocycles. The highest BCUT2D eigenvalue weighted by Crippen LogP contribution is 2.25. The van der Waals surface area contributed by atoms with Gasteiger partial charge in [0.2, 0.25) is 5.91 Å². The van der Waals surface area contributed by atoms with Crippen LogP contribution in [-0.2, 0) is 19.1 Å². The SMILES string of the molecule is COC(=O)C1C(=O)NC(c2ccccc2)C1=O. The van der Waals surface area contributed by atoms with Crippen molar-refractivity contribution >= 4 is 17.7 Å². The molecule has 1 amide bonds. The summed E-state index contributed by atoms with van der Waals surface area (Å²) < 4.78 is 4.44. The van der Waals surface area contributed by atoms with E-state index in [4.69, 9.17) is 0 Å². The van der Waals surface area contributed by atoms with Crippen LogP contribution in [0.3, 0.4) is 0 Å². The zero-order valence-corrected chi connectivity index (χ0v) is 9.17. The first-order valence-corrected chi connectivity index (χ1v) is 5.12. The number of carbonyl (C=O) groups excluding carboxylic acids is 3. The maximum Gasteiger partial charge on any atom is 0.326 e. The second kappa shape index (κ2) is 4.37. The topological polar surface area (TPSA) is 72.5 Å².